The molecular weight excluding hydrogens is 204 g/mol. The van der Waals surface area contributed by atoms with Crippen LogP contribution in [0.25, 0.3) is 0 Å². The Balaban J connectivity index is 2.13. The number of ether oxygens (including phenoxy) is 1. The summed E-state index contributed by atoms with van der Waals surface area (Å²) in [6, 6.07) is 7.57. The van der Waals surface area contributed by atoms with E-state index in [4.69, 9.17) is 9.84 Å². The second kappa shape index (κ2) is 4.81. The van der Waals surface area contributed by atoms with Crippen LogP contribution in [-0.2, 0) is 13.2 Å². The summed E-state index contributed by atoms with van der Waals surface area (Å²) < 4.78 is 7.04. The zero-order chi connectivity index (χ0) is 11.4. The quantitative estimate of drug-likeness (QED) is 0.844. The first-order valence-electron chi connectivity index (χ1n) is 5.07. The number of rotatable bonds is 4. The fourth-order valence-electron chi connectivity index (χ4n) is 1.53. The Morgan fingerprint density at radius 1 is 1.38 bits per heavy atom. The molecule has 0 aliphatic heterocycles. The Bertz CT molecular complexity index is 466. The minimum Gasteiger partial charge on any atom is -0.481 e. The van der Waals surface area contributed by atoms with Crippen molar-refractivity contribution >= 4 is 0 Å². The van der Waals surface area contributed by atoms with Crippen molar-refractivity contribution < 1.29 is 9.84 Å². The minimum atomic E-state index is 0.0680. The van der Waals surface area contributed by atoms with Gasteiger partial charge < -0.3 is 14.4 Å². The summed E-state index contributed by atoms with van der Waals surface area (Å²) >= 11 is 0. The van der Waals surface area contributed by atoms with Crippen LogP contribution in [0.15, 0.2) is 36.7 Å². The van der Waals surface area contributed by atoms with Crippen LogP contribution in [0.3, 0.4) is 0 Å². The lowest BCUT2D eigenvalue weighted by Crippen LogP contribution is -2.00. The maximum atomic E-state index is 8.95. The number of aliphatic hydroxyl groups excluding tert-OH is 1. The smallest absolute Gasteiger partial charge is 0.213 e. The summed E-state index contributed by atoms with van der Waals surface area (Å²) in [7, 11) is 1.60. The number of pyridine rings is 1. The number of methoxy groups -OCH3 is 1. The molecule has 2 rings (SSSR count). The second-order valence-electron chi connectivity index (χ2n) is 3.52. The van der Waals surface area contributed by atoms with Gasteiger partial charge in [0.05, 0.1) is 26.0 Å². The molecule has 0 aliphatic carbocycles. The Morgan fingerprint density at radius 2 is 2.25 bits per heavy atom. The molecule has 2 heterocycles. The molecule has 0 bridgehead atoms. The highest BCUT2D eigenvalue weighted by molar-refractivity contribution is 5.17. The number of hydrogen-bond acceptors (Lipinski definition) is 3. The largest absolute Gasteiger partial charge is 0.481 e. The van der Waals surface area contributed by atoms with Gasteiger partial charge in [0.2, 0.25) is 5.88 Å². The van der Waals surface area contributed by atoms with E-state index in [1.54, 1.807) is 7.11 Å². The number of hydrogen-bond donors (Lipinski definition) is 1. The van der Waals surface area contributed by atoms with E-state index in [9.17, 15) is 0 Å². The molecule has 2 aromatic heterocycles. The number of nitrogens with zero attached hydrogens (tertiary/aromatic N) is 2. The topological polar surface area (TPSA) is 47.3 Å². The van der Waals surface area contributed by atoms with Crippen molar-refractivity contribution in [3.05, 3.63) is 47.9 Å². The molecule has 16 heavy (non-hydrogen) atoms. The first kappa shape index (κ1) is 10.7. The number of aromatic nitrogens is 2. The molecule has 4 nitrogen and oxygen atoms in total. The van der Waals surface area contributed by atoms with E-state index >= 15 is 0 Å². The van der Waals surface area contributed by atoms with Crippen molar-refractivity contribution in [2.45, 2.75) is 13.2 Å². The first-order chi connectivity index (χ1) is 7.81. The van der Waals surface area contributed by atoms with Gasteiger partial charge in [-0.3, -0.25) is 0 Å². The van der Waals surface area contributed by atoms with Gasteiger partial charge in [0.15, 0.2) is 0 Å². The lowest BCUT2D eigenvalue weighted by atomic mass is 10.3. The van der Waals surface area contributed by atoms with Gasteiger partial charge in [0.1, 0.15) is 0 Å². The second-order valence-corrected chi connectivity index (χ2v) is 3.52. The van der Waals surface area contributed by atoms with Gasteiger partial charge in [-0.1, -0.05) is 6.07 Å². The predicted octanol–water partition coefficient (Wildman–Crippen LogP) is 1.43. The van der Waals surface area contributed by atoms with E-state index in [0.29, 0.717) is 12.4 Å². The molecule has 84 valence electrons. The van der Waals surface area contributed by atoms with Gasteiger partial charge in [-0.05, 0) is 17.7 Å². The predicted molar refractivity (Wildman–Crippen MR) is 60.2 cm³/mol. The average molecular weight is 218 g/mol. The minimum absolute atomic E-state index is 0.0680. The molecule has 0 fully saturated rings. The molecule has 0 radical (unpaired) electrons. The standard InChI is InChI=1S/C12H14N2O2/c1-16-12-4-2-3-11(13-12)8-14-6-5-10(7-14)9-15/h2-7,15H,8-9H2,1H3. The first-order valence-corrected chi connectivity index (χ1v) is 5.07. The van der Waals surface area contributed by atoms with E-state index in [1.807, 2.05) is 41.2 Å². The third-order valence-electron chi connectivity index (χ3n) is 2.33. The average Bonchev–Trinajstić information content (AvgIpc) is 2.77. The van der Waals surface area contributed by atoms with E-state index in [0.717, 1.165) is 11.3 Å². The van der Waals surface area contributed by atoms with E-state index in [2.05, 4.69) is 4.98 Å². The van der Waals surface area contributed by atoms with E-state index in [-0.39, 0.29) is 6.61 Å². The molecule has 0 atom stereocenters. The number of aliphatic hydroxyl groups is 1. The fraction of sp³-hybridized carbons (Fsp3) is 0.250. The third kappa shape index (κ3) is 2.41. The van der Waals surface area contributed by atoms with E-state index in [1.165, 1.54) is 0 Å². The van der Waals surface area contributed by atoms with Gasteiger partial charge in [-0.15, -0.1) is 0 Å². The van der Waals surface area contributed by atoms with Crippen LogP contribution in [0.5, 0.6) is 5.88 Å². The zero-order valence-electron chi connectivity index (χ0n) is 9.13. The third-order valence-corrected chi connectivity index (χ3v) is 2.33. The lowest BCUT2D eigenvalue weighted by molar-refractivity contribution is 0.281. The summed E-state index contributed by atoms with van der Waals surface area (Å²) in [5.74, 6) is 0.618. The Morgan fingerprint density at radius 3 is 2.94 bits per heavy atom. The highest BCUT2D eigenvalue weighted by atomic mass is 16.5. The SMILES string of the molecule is COc1cccc(Cn2ccc(CO)c2)n1. The molecular formula is C12H14N2O2. The molecule has 0 amide bonds. The fourth-order valence-corrected chi connectivity index (χ4v) is 1.53. The van der Waals surface area contributed by atoms with Crippen LogP contribution < -0.4 is 4.74 Å². The van der Waals surface area contributed by atoms with Crippen LogP contribution in [0.1, 0.15) is 11.3 Å². The van der Waals surface area contributed by atoms with Crippen molar-refractivity contribution in [2.24, 2.45) is 0 Å². The molecule has 2 aromatic rings. The van der Waals surface area contributed by atoms with Crippen LogP contribution in [0, 0.1) is 0 Å². The Hall–Kier alpha value is -1.81. The Labute approximate surface area is 94.1 Å². The lowest BCUT2D eigenvalue weighted by Gasteiger charge is -2.04. The maximum Gasteiger partial charge on any atom is 0.213 e. The summed E-state index contributed by atoms with van der Waals surface area (Å²) in [6.45, 7) is 0.746. The van der Waals surface area contributed by atoms with Crippen molar-refractivity contribution in [1.29, 1.82) is 0 Å². The van der Waals surface area contributed by atoms with Crippen LogP contribution in [0.2, 0.25) is 0 Å². The van der Waals surface area contributed by atoms with Crippen molar-refractivity contribution in [1.82, 2.24) is 9.55 Å². The molecule has 0 unspecified atom stereocenters. The molecule has 1 N–H and O–H groups in total. The summed E-state index contributed by atoms with van der Waals surface area (Å²) in [6.07, 6.45) is 3.83. The maximum absolute atomic E-state index is 8.95. The van der Waals surface area contributed by atoms with Crippen LogP contribution in [0.4, 0.5) is 0 Å². The van der Waals surface area contributed by atoms with Gasteiger partial charge in [-0.2, -0.15) is 0 Å². The summed E-state index contributed by atoms with van der Waals surface area (Å²) in [4.78, 5) is 4.32. The molecule has 0 saturated carbocycles. The molecule has 0 aliphatic rings. The van der Waals surface area contributed by atoms with E-state index < -0.39 is 0 Å². The molecule has 0 aromatic carbocycles. The van der Waals surface area contributed by atoms with Crippen LogP contribution >= 0.6 is 0 Å². The van der Waals surface area contributed by atoms with Crippen molar-refractivity contribution in [3.8, 4) is 5.88 Å². The van der Waals surface area contributed by atoms with Crippen molar-refractivity contribution in [2.75, 3.05) is 7.11 Å². The molecule has 0 saturated heterocycles. The van der Waals surface area contributed by atoms with Gasteiger partial charge >= 0.3 is 0 Å². The Kier molecular flexibility index (Phi) is 3.22. The van der Waals surface area contributed by atoms with Crippen LogP contribution in [-0.4, -0.2) is 21.8 Å². The van der Waals surface area contributed by atoms with Gasteiger partial charge in [0.25, 0.3) is 0 Å². The van der Waals surface area contributed by atoms with Crippen molar-refractivity contribution in [3.63, 3.8) is 0 Å². The molecule has 0 spiro atoms. The molecule has 4 heteroatoms. The normalized spacial score (nSPS) is 10.4. The highest BCUT2D eigenvalue weighted by Gasteiger charge is 2.00. The van der Waals surface area contributed by atoms with Gasteiger partial charge in [-0.25, -0.2) is 4.98 Å². The van der Waals surface area contributed by atoms with Gasteiger partial charge in [0, 0.05) is 18.5 Å². The monoisotopic (exact) mass is 218 g/mol. The summed E-state index contributed by atoms with van der Waals surface area (Å²) in [5, 5.41) is 8.95. The highest BCUT2D eigenvalue weighted by Crippen LogP contribution is 2.09. The zero-order valence-corrected chi connectivity index (χ0v) is 9.13. The summed E-state index contributed by atoms with van der Waals surface area (Å²) in [5.41, 5.74) is 1.84.